The molecule has 1 saturated heterocycles. The minimum Gasteiger partial charge on any atom is -0.469 e. The number of nitriles is 1. The molecule has 1 unspecified atom stereocenters. The third kappa shape index (κ3) is 2.18. The van der Waals surface area contributed by atoms with Crippen LogP contribution < -0.4 is 5.73 Å². The number of rotatable bonds is 3. The Balaban J connectivity index is 1.95. The molecule has 0 aromatic carbocycles. The number of hydrogen-bond acceptors (Lipinski definition) is 5. The van der Waals surface area contributed by atoms with Crippen LogP contribution in [-0.2, 0) is 14.3 Å². The van der Waals surface area contributed by atoms with Crippen LogP contribution in [0.3, 0.4) is 0 Å². The molecule has 2 fully saturated rings. The van der Waals surface area contributed by atoms with E-state index in [1.807, 2.05) is 0 Å². The van der Waals surface area contributed by atoms with Crippen LogP contribution in [0, 0.1) is 23.2 Å². The second-order valence-electron chi connectivity index (χ2n) is 4.87. The topological polar surface area (TPSA) is 96.4 Å². The van der Waals surface area contributed by atoms with E-state index in [1.165, 1.54) is 12.0 Å². The first-order chi connectivity index (χ1) is 8.60. The number of likely N-dealkylation sites (tertiary alicyclic amines) is 1. The summed E-state index contributed by atoms with van der Waals surface area (Å²) in [6.07, 6.45) is 2.15. The van der Waals surface area contributed by atoms with E-state index >= 15 is 0 Å². The summed E-state index contributed by atoms with van der Waals surface area (Å²) < 4.78 is 4.63. The fourth-order valence-electron chi connectivity index (χ4n) is 2.57. The molecule has 0 bridgehead atoms. The van der Waals surface area contributed by atoms with Gasteiger partial charge in [0, 0.05) is 6.54 Å². The molecule has 1 saturated carbocycles. The molecule has 0 aromatic heterocycles. The number of carbonyl (C=O) groups is 2. The van der Waals surface area contributed by atoms with Crippen molar-refractivity contribution < 1.29 is 14.3 Å². The maximum atomic E-state index is 12.2. The van der Waals surface area contributed by atoms with Gasteiger partial charge in [-0.3, -0.25) is 9.59 Å². The summed E-state index contributed by atoms with van der Waals surface area (Å²) in [5, 5.41) is 8.94. The van der Waals surface area contributed by atoms with Crippen LogP contribution in [0.15, 0.2) is 0 Å². The van der Waals surface area contributed by atoms with Crippen LogP contribution in [0.4, 0.5) is 0 Å². The van der Waals surface area contributed by atoms with Crippen LogP contribution in [-0.4, -0.2) is 42.5 Å². The number of amides is 1. The smallest absolute Gasteiger partial charge is 0.309 e. The molecule has 18 heavy (non-hydrogen) atoms. The number of methoxy groups -OCH3 is 1. The van der Waals surface area contributed by atoms with Crippen molar-refractivity contribution in [2.45, 2.75) is 31.3 Å². The quantitative estimate of drug-likeness (QED) is 0.691. The number of carbonyl (C=O) groups excluding carboxylic acids is 2. The number of nitrogens with zero attached hydrogens (tertiary/aromatic N) is 2. The summed E-state index contributed by atoms with van der Waals surface area (Å²) in [5.41, 5.74) is 5.89. The average molecular weight is 251 g/mol. The van der Waals surface area contributed by atoms with Gasteiger partial charge in [-0.05, 0) is 25.2 Å². The first-order valence-corrected chi connectivity index (χ1v) is 6.13. The first-order valence-electron chi connectivity index (χ1n) is 6.13. The monoisotopic (exact) mass is 251 g/mol. The van der Waals surface area contributed by atoms with Crippen molar-refractivity contribution in [3.63, 3.8) is 0 Å². The zero-order valence-corrected chi connectivity index (χ0v) is 10.3. The molecule has 2 aliphatic rings. The first kappa shape index (κ1) is 12.8. The predicted octanol–water partition coefficient (Wildman–Crippen LogP) is -0.363. The molecule has 2 N–H and O–H groups in total. The third-order valence-corrected chi connectivity index (χ3v) is 3.78. The van der Waals surface area contributed by atoms with E-state index in [4.69, 9.17) is 11.0 Å². The van der Waals surface area contributed by atoms with Crippen LogP contribution in [0.2, 0.25) is 0 Å². The Morgan fingerprint density at radius 1 is 1.56 bits per heavy atom. The zero-order chi connectivity index (χ0) is 13.3. The summed E-state index contributed by atoms with van der Waals surface area (Å²) in [5.74, 6) is -0.904. The van der Waals surface area contributed by atoms with Gasteiger partial charge in [-0.15, -0.1) is 0 Å². The van der Waals surface area contributed by atoms with Crippen LogP contribution in [0.25, 0.3) is 0 Å². The number of nitrogens with two attached hydrogens (primary N) is 1. The lowest BCUT2D eigenvalue weighted by Crippen LogP contribution is -2.47. The second kappa shape index (κ2) is 4.94. The Bertz CT molecular complexity index is 404. The van der Waals surface area contributed by atoms with Crippen molar-refractivity contribution in [1.82, 2.24) is 4.90 Å². The zero-order valence-electron chi connectivity index (χ0n) is 10.3. The third-order valence-electron chi connectivity index (χ3n) is 3.78. The lowest BCUT2D eigenvalue weighted by molar-refractivity contribution is -0.142. The molecule has 1 heterocycles. The maximum absolute atomic E-state index is 12.2. The van der Waals surface area contributed by atoms with Gasteiger partial charge in [-0.2, -0.15) is 5.26 Å². The molecule has 6 nitrogen and oxygen atoms in total. The van der Waals surface area contributed by atoms with E-state index in [2.05, 4.69) is 10.8 Å². The Morgan fingerprint density at radius 2 is 2.28 bits per heavy atom. The molecule has 1 aliphatic carbocycles. The van der Waals surface area contributed by atoms with Gasteiger partial charge in [0.25, 0.3) is 0 Å². The normalized spacial score (nSPS) is 31.6. The van der Waals surface area contributed by atoms with Crippen molar-refractivity contribution in [2.75, 3.05) is 13.7 Å². The Morgan fingerprint density at radius 3 is 2.89 bits per heavy atom. The molecule has 98 valence electrons. The molecular weight excluding hydrogens is 234 g/mol. The molecular formula is C12H17N3O3. The van der Waals surface area contributed by atoms with E-state index in [-0.39, 0.29) is 29.8 Å². The molecule has 2 rings (SSSR count). The van der Waals surface area contributed by atoms with E-state index < -0.39 is 6.04 Å². The Hall–Kier alpha value is -1.61. The largest absolute Gasteiger partial charge is 0.469 e. The summed E-state index contributed by atoms with van der Waals surface area (Å²) in [6.45, 7) is 0.584. The highest BCUT2D eigenvalue weighted by atomic mass is 16.5. The minimum absolute atomic E-state index is 0.134. The Kier molecular flexibility index (Phi) is 3.53. The molecule has 0 spiro atoms. The Labute approximate surface area is 106 Å². The average Bonchev–Trinajstić information content (AvgIpc) is 3.05. The van der Waals surface area contributed by atoms with Gasteiger partial charge in [0.15, 0.2) is 0 Å². The van der Waals surface area contributed by atoms with E-state index in [9.17, 15) is 9.59 Å². The van der Waals surface area contributed by atoms with Crippen molar-refractivity contribution in [2.24, 2.45) is 17.6 Å². The SMILES string of the molecule is COC(=O)[C@H]1C[C@@H]1[C@H](N)C(=O)N1CCCC1C#N. The lowest BCUT2D eigenvalue weighted by Gasteiger charge is -2.23. The lowest BCUT2D eigenvalue weighted by atomic mass is 10.1. The van der Waals surface area contributed by atoms with Crippen LogP contribution >= 0.6 is 0 Å². The molecule has 4 atom stereocenters. The van der Waals surface area contributed by atoms with E-state index in [0.717, 1.165) is 6.42 Å². The molecule has 0 radical (unpaired) electrons. The summed E-state index contributed by atoms with van der Waals surface area (Å²) >= 11 is 0. The fraction of sp³-hybridized carbons (Fsp3) is 0.750. The molecule has 0 aromatic rings. The highest BCUT2D eigenvalue weighted by Gasteiger charge is 2.51. The number of esters is 1. The number of hydrogen-bond donors (Lipinski definition) is 1. The van der Waals surface area contributed by atoms with Crippen molar-refractivity contribution in [3.8, 4) is 6.07 Å². The second-order valence-corrected chi connectivity index (χ2v) is 4.87. The van der Waals surface area contributed by atoms with E-state index in [1.54, 1.807) is 0 Å². The summed E-state index contributed by atoms with van der Waals surface area (Å²) in [7, 11) is 1.33. The standard InChI is InChI=1S/C12H17N3O3/c1-18-12(17)9-5-8(9)10(14)11(16)15-4-2-3-7(15)6-13/h7-10H,2-5,14H2,1H3/t7?,8-,9-,10-/m0/s1. The fourth-order valence-corrected chi connectivity index (χ4v) is 2.57. The van der Waals surface area contributed by atoms with Gasteiger partial charge in [0.05, 0.1) is 25.1 Å². The maximum Gasteiger partial charge on any atom is 0.309 e. The summed E-state index contributed by atoms with van der Waals surface area (Å²) in [6, 6.07) is 1.06. The molecule has 6 heteroatoms. The van der Waals surface area contributed by atoms with Gasteiger partial charge >= 0.3 is 5.97 Å². The number of ether oxygens (including phenoxy) is 1. The highest BCUT2D eigenvalue weighted by molar-refractivity contribution is 5.85. The van der Waals surface area contributed by atoms with Gasteiger partial charge in [0.2, 0.25) is 5.91 Å². The summed E-state index contributed by atoms with van der Waals surface area (Å²) in [4.78, 5) is 25.0. The van der Waals surface area contributed by atoms with Crippen molar-refractivity contribution >= 4 is 11.9 Å². The van der Waals surface area contributed by atoms with Gasteiger partial charge < -0.3 is 15.4 Å². The van der Waals surface area contributed by atoms with Gasteiger partial charge in [-0.1, -0.05) is 0 Å². The van der Waals surface area contributed by atoms with E-state index in [0.29, 0.717) is 19.4 Å². The van der Waals surface area contributed by atoms with Crippen molar-refractivity contribution in [1.29, 1.82) is 5.26 Å². The van der Waals surface area contributed by atoms with Gasteiger partial charge in [-0.25, -0.2) is 0 Å². The molecule has 1 amide bonds. The predicted molar refractivity (Wildman–Crippen MR) is 61.9 cm³/mol. The van der Waals surface area contributed by atoms with Gasteiger partial charge in [0.1, 0.15) is 6.04 Å². The minimum atomic E-state index is -0.692. The highest BCUT2D eigenvalue weighted by Crippen LogP contribution is 2.42. The van der Waals surface area contributed by atoms with Crippen LogP contribution in [0.1, 0.15) is 19.3 Å². The van der Waals surface area contributed by atoms with Crippen molar-refractivity contribution in [3.05, 3.63) is 0 Å². The van der Waals surface area contributed by atoms with Crippen LogP contribution in [0.5, 0.6) is 0 Å². The molecule has 1 aliphatic heterocycles.